The number of aryl methyl sites for hydroxylation is 1. The van der Waals surface area contributed by atoms with Gasteiger partial charge in [-0.05, 0) is 27.7 Å². The van der Waals surface area contributed by atoms with Crippen LogP contribution in [0.15, 0.2) is 6.07 Å². The number of aliphatic hydroxyl groups is 1. The molecular formula is C13H21N3O4. The molecule has 20 heavy (non-hydrogen) atoms. The minimum Gasteiger partial charge on any atom is -0.493 e. The van der Waals surface area contributed by atoms with Gasteiger partial charge in [0.05, 0.1) is 18.3 Å². The highest BCUT2D eigenvalue weighted by Gasteiger charge is 2.38. The molecule has 1 saturated heterocycles. The molecule has 2 atom stereocenters. The summed E-state index contributed by atoms with van der Waals surface area (Å²) in [5.74, 6) is -0.0161. The van der Waals surface area contributed by atoms with E-state index in [0.717, 1.165) is 0 Å². The molecule has 1 aliphatic heterocycles. The molecule has 0 saturated carbocycles. The largest absolute Gasteiger partial charge is 0.493 e. The molecule has 7 nitrogen and oxygen atoms in total. The van der Waals surface area contributed by atoms with Gasteiger partial charge in [0, 0.05) is 12.6 Å². The van der Waals surface area contributed by atoms with Crippen molar-refractivity contribution in [2.24, 2.45) is 0 Å². The fourth-order valence-corrected chi connectivity index (χ4v) is 2.23. The zero-order valence-electron chi connectivity index (χ0n) is 12.2. The average molecular weight is 283 g/mol. The standard InChI is InChI=1S/C13H21N3O4/c1-8-5-11(18)16(14-8)9-6-15(7-10(9)17)12(19)20-13(2,3)4/h5,9-10,17-18H,6-7H2,1-4H3/t9-,10-/m0/s1. The third kappa shape index (κ3) is 3.04. The van der Waals surface area contributed by atoms with Crippen molar-refractivity contribution in [3.8, 4) is 5.88 Å². The Bertz CT molecular complexity index is 506. The highest BCUT2D eigenvalue weighted by atomic mass is 16.6. The number of aliphatic hydroxyl groups excluding tert-OH is 1. The maximum atomic E-state index is 12.0. The number of likely N-dealkylation sites (tertiary alicyclic amines) is 1. The first-order chi connectivity index (χ1) is 9.17. The summed E-state index contributed by atoms with van der Waals surface area (Å²) in [5, 5.41) is 24.0. The molecule has 0 unspecified atom stereocenters. The van der Waals surface area contributed by atoms with Gasteiger partial charge in [0.25, 0.3) is 0 Å². The van der Waals surface area contributed by atoms with E-state index < -0.39 is 23.8 Å². The second-order valence-electron chi connectivity index (χ2n) is 6.11. The van der Waals surface area contributed by atoms with Crippen LogP contribution in [0, 0.1) is 6.92 Å². The molecule has 0 radical (unpaired) electrons. The van der Waals surface area contributed by atoms with Gasteiger partial charge in [0.2, 0.25) is 5.88 Å². The lowest BCUT2D eigenvalue weighted by Crippen LogP contribution is -2.35. The van der Waals surface area contributed by atoms with E-state index in [1.54, 1.807) is 27.7 Å². The number of hydrogen-bond donors (Lipinski definition) is 2. The van der Waals surface area contributed by atoms with E-state index in [2.05, 4.69) is 5.10 Å². The summed E-state index contributed by atoms with van der Waals surface area (Å²) in [5.41, 5.74) is 0.0790. The summed E-state index contributed by atoms with van der Waals surface area (Å²) in [6.07, 6.45) is -1.25. The van der Waals surface area contributed by atoms with Gasteiger partial charge in [-0.15, -0.1) is 0 Å². The number of carbonyl (C=O) groups is 1. The molecule has 0 bridgehead atoms. The quantitative estimate of drug-likeness (QED) is 0.804. The number of hydrogen-bond acceptors (Lipinski definition) is 5. The van der Waals surface area contributed by atoms with Crippen LogP contribution < -0.4 is 0 Å². The Morgan fingerprint density at radius 3 is 2.60 bits per heavy atom. The van der Waals surface area contributed by atoms with Crippen molar-refractivity contribution >= 4 is 6.09 Å². The molecule has 1 fully saturated rings. The monoisotopic (exact) mass is 283 g/mol. The first-order valence-corrected chi connectivity index (χ1v) is 6.58. The fourth-order valence-electron chi connectivity index (χ4n) is 2.23. The number of aromatic hydroxyl groups is 1. The lowest BCUT2D eigenvalue weighted by atomic mass is 10.2. The number of rotatable bonds is 1. The van der Waals surface area contributed by atoms with Crippen LogP contribution in [0.4, 0.5) is 4.79 Å². The van der Waals surface area contributed by atoms with Crippen molar-refractivity contribution in [1.82, 2.24) is 14.7 Å². The molecule has 0 aliphatic carbocycles. The lowest BCUT2D eigenvalue weighted by Gasteiger charge is -2.24. The second kappa shape index (κ2) is 4.97. The topological polar surface area (TPSA) is 87.8 Å². The van der Waals surface area contributed by atoms with Gasteiger partial charge in [0.15, 0.2) is 0 Å². The van der Waals surface area contributed by atoms with Crippen LogP contribution in [0.25, 0.3) is 0 Å². The van der Waals surface area contributed by atoms with Gasteiger partial charge >= 0.3 is 6.09 Å². The number of aromatic nitrogens is 2. The Balaban J connectivity index is 2.09. The Morgan fingerprint density at radius 1 is 1.45 bits per heavy atom. The lowest BCUT2D eigenvalue weighted by molar-refractivity contribution is 0.0269. The van der Waals surface area contributed by atoms with Gasteiger partial charge in [0.1, 0.15) is 11.6 Å². The van der Waals surface area contributed by atoms with E-state index in [4.69, 9.17) is 4.74 Å². The smallest absolute Gasteiger partial charge is 0.410 e. The van der Waals surface area contributed by atoms with Gasteiger partial charge in [-0.2, -0.15) is 5.10 Å². The molecule has 1 aromatic heterocycles. The molecule has 1 amide bonds. The predicted molar refractivity (Wildman–Crippen MR) is 71.5 cm³/mol. The van der Waals surface area contributed by atoms with E-state index >= 15 is 0 Å². The Kier molecular flexibility index (Phi) is 3.64. The summed E-state index contributed by atoms with van der Waals surface area (Å²) < 4.78 is 6.62. The van der Waals surface area contributed by atoms with Crippen LogP contribution >= 0.6 is 0 Å². The molecule has 112 valence electrons. The highest BCUT2D eigenvalue weighted by Crippen LogP contribution is 2.27. The van der Waals surface area contributed by atoms with E-state index in [9.17, 15) is 15.0 Å². The first kappa shape index (κ1) is 14.6. The molecule has 0 spiro atoms. The van der Waals surface area contributed by atoms with Crippen molar-refractivity contribution in [2.45, 2.75) is 45.4 Å². The minimum atomic E-state index is -0.785. The molecule has 1 aliphatic rings. The van der Waals surface area contributed by atoms with E-state index in [-0.39, 0.29) is 19.0 Å². The third-order valence-electron chi connectivity index (χ3n) is 3.06. The SMILES string of the molecule is Cc1cc(O)n([C@H]2CN(C(=O)OC(C)(C)C)C[C@@H]2O)n1. The number of β-amino-alcohol motifs (C(OH)–C–C–N with tert-alkyl or cyclic N) is 1. The zero-order valence-corrected chi connectivity index (χ0v) is 12.2. The maximum absolute atomic E-state index is 12.0. The summed E-state index contributed by atoms with van der Waals surface area (Å²) in [6.45, 7) is 7.54. The summed E-state index contributed by atoms with van der Waals surface area (Å²) in [7, 11) is 0. The van der Waals surface area contributed by atoms with E-state index in [1.165, 1.54) is 15.6 Å². The Labute approximate surface area is 117 Å². The highest BCUT2D eigenvalue weighted by molar-refractivity contribution is 5.68. The number of carbonyl (C=O) groups excluding carboxylic acids is 1. The molecule has 2 N–H and O–H groups in total. The number of nitrogens with zero attached hydrogens (tertiary/aromatic N) is 3. The maximum Gasteiger partial charge on any atom is 0.410 e. The zero-order chi connectivity index (χ0) is 15.1. The van der Waals surface area contributed by atoms with Gasteiger partial charge in [-0.25, -0.2) is 9.48 Å². The third-order valence-corrected chi connectivity index (χ3v) is 3.06. The van der Waals surface area contributed by atoms with Crippen LogP contribution in [-0.4, -0.2) is 55.8 Å². The summed E-state index contributed by atoms with van der Waals surface area (Å²) in [4.78, 5) is 13.4. The summed E-state index contributed by atoms with van der Waals surface area (Å²) in [6, 6.07) is 1.05. The van der Waals surface area contributed by atoms with Crippen LogP contribution in [0.1, 0.15) is 32.5 Å². The van der Waals surface area contributed by atoms with Crippen molar-refractivity contribution in [1.29, 1.82) is 0 Å². The summed E-state index contributed by atoms with van der Waals surface area (Å²) >= 11 is 0. The fraction of sp³-hybridized carbons (Fsp3) is 0.692. The van der Waals surface area contributed by atoms with Gasteiger partial charge in [-0.3, -0.25) is 0 Å². The second-order valence-corrected chi connectivity index (χ2v) is 6.11. The van der Waals surface area contributed by atoms with Crippen LogP contribution in [-0.2, 0) is 4.74 Å². The van der Waals surface area contributed by atoms with Crippen LogP contribution in [0.3, 0.4) is 0 Å². The van der Waals surface area contributed by atoms with Gasteiger partial charge in [-0.1, -0.05) is 0 Å². The van der Waals surface area contributed by atoms with E-state index in [1.807, 2.05) is 0 Å². The normalized spacial score (nSPS) is 23.1. The van der Waals surface area contributed by atoms with Crippen LogP contribution in [0.2, 0.25) is 0 Å². The molecule has 1 aromatic rings. The molecule has 0 aromatic carbocycles. The van der Waals surface area contributed by atoms with Crippen LogP contribution in [0.5, 0.6) is 5.88 Å². The molecule has 2 rings (SSSR count). The Morgan fingerprint density at radius 2 is 2.10 bits per heavy atom. The predicted octanol–water partition coefficient (Wildman–Crippen LogP) is 1.05. The van der Waals surface area contributed by atoms with E-state index in [0.29, 0.717) is 5.69 Å². The molecular weight excluding hydrogens is 262 g/mol. The van der Waals surface area contributed by atoms with Crippen molar-refractivity contribution in [2.75, 3.05) is 13.1 Å². The van der Waals surface area contributed by atoms with Crippen molar-refractivity contribution < 1.29 is 19.7 Å². The minimum absolute atomic E-state index is 0.0161. The number of amides is 1. The van der Waals surface area contributed by atoms with Crippen molar-refractivity contribution in [3.05, 3.63) is 11.8 Å². The Hall–Kier alpha value is -1.76. The first-order valence-electron chi connectivity index (χ1n) is 6.58. The van der Waals surface area contributed by atoms with Gasteiger partial charge < -0.3 is 19.8 Å². The molecule has 7 heteroatoms. The van der Waals surface area contributed by atoms with Crippen molar-refractivity contribution in [3.63, 3.8) is 0 Å². The average Bonchev–Trinajstić information content (AvgIpc) is 2.79. The molecule has 2 heterocycles. The number of ether oxygens (including phenoxy) is 1.